The summed E-state index contributed by atoms with van der Waals surface area (Å²) in [5.41, 5.74) is 3.02. The van der Waals surface area contributed by atoms with E-state index in [0.717, 1.165) is 11.3 Å². The highest BCUT2D eigenvalue weighted by Crippen LogP contribution is 2.34. The fraction of sp³-hybridized carbons (Fsp3) is 0.300. The van der Waals surface area contributed by atoms with E-state index in [1.807, 2.05) is 12.1 Å². The van der Waals surface area contributed by atoms with Crippen molar-refractivity contribution in [2.24, 2.45) is 5.41 Å². The van der Waals surface area contributed by atoms with Crippen LogP contribution in [0.15, 0.2) is 36.7 Å². The van der Waals surface area contributed by atoms with E-state index in [2.05, 4.69) is 29.2 Å². The summed E-state index contributed by atoms with van der Waals surface area (Å²) in [5.74, 6) is -0.197. The van der Waals surface area contributed by atoms with Crippen LogP contribution in [-0.4, -0.2) is 26.3 Å². The Morgan fingerprint density at radius 2 is 2.11 bits per heavy atom. The van der Waals surface area contributed by atoms with E-state index in [0.29, 0.717) is 41.2 Å². The minimum atomic E-state index is -0.265. The molecule has 4 rings (SSSR count). The van der Waals surface area contributed by atoms with E-state index in [9.17, 15) is 9.59 Å². The number of fused-ring (bicyclic) bond motifs is 3. The van der Waals surface area contributed by atoms with Crippen molar-refractivity contribution in [1.29, 1.82) is 0 Å². The van der Waals surface area contributed by atoms with Crippen LogP contribution in [0.2, 0.25) is 5.02 Å². The van der Waals surface area contributed by atoms with Crippen LogP contribution in [0.25, 0.3) is 5.65 Å². The molecule has 0 radical (unpaired) electrons. The van der Waals surface area contributed by atoms with E-state index in [1.54, 1.807) is 22.8 Å². The molecule has 1 aromatic carbocycles. The second-order valence-electron chi connectivity index (χ2n) is 7.67. The van der Waals surface area contributed by atoms with Crippen LogP contribution in [0.3, 0.4) is 0 Å². The lowest BCUT2D eigenvalue weighted by atomic mass is 9.76. The lowest BCUT2D eigenvalue weighted by Crippen LogP contribution is -2.29. The summed E-state index contributed by atoms with van der Waals surface area (Å²) in [7, 11) is 0. The number of carbonyl (C=O) groups excluding carboxylic acids is 2. The standard InChI is InChI=1S/C20H19ClN4O2/c1-20(2)7-16-14(17(26)8-20)10-22-18-15(11-24-25(16)18)19(27)23-9-12-4-3-5-13(21)6-12/h3-6,10-11H,7-9H2,1-2H3,(H,23,27). The summed E-state index contributed by atoms with van der Waals surface area (Å²) in [6.45, 7) is 4.47. The minimum Gasteiger partial charge on any atom is -0.348 e. The van der Waals surface area contributed by atoms with Crippen LogP contribution in [0.1, 0.15) is 52.2 Å². The Morgan fingerprint density at radius 1 is 1.30 bits per heavy atom. The number of halogens is 1. The molecule has 6 nitrogen and oxygen atoms in total. The SMILES string of the molecule is CC1(C)CC(=O)c2cnc3c(C(=O)NCc4cccc(Cl)c4)cnn3c2C1. The first-order chi connectivity index (χ1) is 12.8. The molecule has 0 bridgehead atoms. The number of nitrogens with one attached hydrogen (secondary N) is 1. The summed E-state index contributed by atoms with van der Waals surface area (Å²) in [6, 6.07) is 7.32. The number of carbonyl (C=O) groups is 2. The third-order valence-electron chi connectivity index (χ3n) is 4.80. The van der Waals surface area contributed by atoms with Crippen LogP contribution in [0.5, 0.6) is 0 Å². The molecule has 0 unspecified atom stereocenters. The van der Waals surface area contributed by atoms with Gasteiger partial charge in [-0.05, 0) is 29.5 Å². The summed E-state index contributed by atoms with van der Waals surface area (Å²) < 4.78 is 1.63. The number of nitrogens with zero attached hydrogens (tertiary/aromatic N) is 3. The van der Waals surface area contributed by atoms with Crippen molar-refractivity contribution >= 4 is 28.9 Å². The van der Waals surface area contributed by atoms with Crippen molar-refractivity contribution in [2.45, 2.75) is 33.2 Å². The maximum absolute atomic E-state index is 12.6. The summed E-state index contributed by atoms with van der Waals surface area (Å²) in [4.78, 5) is 29.4. The maximum atomic E-state index is 12.6. The first-order valence-corrected chi connectivity index (χ1v) is 9.13. The Labute approximate surface area is 161 Å². The van der Waals surface area contributed by atoms with E-state index >= 15 is 0 Å². The molecule has 2 heterocycles. The molecular formula is C20H19ClN4O2. The van der Waals surface area contributed by atoms with Crippen molar-refractivity contribution in [1.82, 2.24) is 19.9 Å². The van der Waals surface area contributed by atoms with Gasteiger partial charge in [-0.1, -0.05) is 37.6 Å². The highest BCUT2D eigenvalue weighted by atomic mass is 35.5. The van der Waals surface area contributed by atoms with E-state index in [1.165, 1.54) is 6.20 Å². The molecule has 0 atom stereocenters. The van der Waals surface area contributed by atoms with Gasteiger partial charge >= 0.3 is 0 Å². The number of hydrogen-bond donors (Lipinski definition) is 1. The van der Waals surface area contributed by atoms with Gasteiger partial charge in [-0.3, -0.25) is 9.59 Å². The van der Waals surface area contributed by atoms with E-state index in [-0.39, 0.29) is 17.1 Å². The lowest BCUT2D eigenvalue weighted by molar-refractivity contribution is 0.0907. The molecule has 27 heavy (non-hydrogen) atoms. The van der Waals surface area contributed by atoms with Crippen molar-refractivity contribution in [2.75, 3.05) is 0 Å². The lowest BCUT2D eigenvalue weighted by Gasteiger charge is -2.29. The number of hydrogen-bond acceptors (Lipinski definition) is 4. The summed E-state index contributed by atoms with van der Waals surface area (Å²) >= 11 is 5.98. The van der Waals surface area contributed by atoms with Crippen LogP contribution in [0.4, 0.5) is 0 Å². The third-order valence-corrected chi connectivity index (χ3v) is 5.03. The Kier molecular flexibility index (Phi) is 4.23. The Morgan fingerprint density at radius 3 is 2.89 bits per heavy atom. The fourth-order valence-electron chi connectivity index (χ4n) is 3.51. The van der Waals surface area contributed by atoms with Gasteiger partial charge < -0.3 is 5.32 Å². The first-order valence-electron chi connectivity index (χ1n) is 8.75. The molecular weight excluding hydrogens is 364 g/mol. The number of benzene rings is 1. The third kappa shape index (κ3) is 3.32. The molecule has 0 aliphatic heterocycles. The molecule has 0 saturated carbocycles. The zero-order chi connectivity index (χ0) is 19.2. The van der Waals surface area contributed by atoms with Crippen LogP contribution < -0.4 is 5.32 Å². The number of rotatable bonds is 3. The van der Waals surface area contributed by atoms with Gasteiger partial charge in [-0.2, -0.15) is 5.10 Å². The van der Waals surface area contributed by atoms with Gasteiger partial charge in [-0.25, -0.2) is 9.50 Å². The Balaban J connectivity index is 1.64. The van der Waals surface area contributed by atoms with Gasteiger partial charge in [0.15, 0.2) is 11.4 Å². The number of Topliss-reactive ketones (excluding diaryl/α,β-unsaturated/α-hetero) is 1. The van der Waals surface area contributed by atoms with E-state index < -0.39 is 0 Å². The van der Waals surface area contributed by atoms with Gasteiger partial charge in [-0.15, -0.1) is 0 Å². The zero-order valence-corrected chi connectivity index (χ0v) is 15.9. The molecule has 3 aromatic rings. The minimum absolute atomic E-state index is 0.0677. The molecule has 0 saturated heterocycles. The number of ketones is 1. The van der Waals surface area contributed by atoms with Gasteiger partial charge in [0.25, 0.3) is 5.91 Å². The van der Waals surface area contributed by atoms with Gasteiger partial charge in [0.2, 0.25) is 0 Å². The highest BCUT2D eigenvalue weighted by Gasteiger charge is 2.33. The van der Waals surface area contributed by atoms with Gasteiger partial charge in [0.1, 0.15) is 5.56 Å². The monoisotopic (exact) mass is 382 g/mol. The molecule has 7 heteroatoms. The molecule has 1 N–H and O–H groups in total. The molecule has 1 aliphatic rings. The van der Waals surface area contributed by atoms with Crippen molar-refractivity contribution < 1.29 is 9.59 Å². The average Bonchev–Trinajstić information content (AvgIpc) is 3.03. The molecule has 0 spiro atoms. The van der Waals surface area contributed by atoms with Crippen LogP contribution in [-0.2, 0) is 13.0 Å². The van der Waals surface area contributed by atoms with Crippen LogP contribution >= 0.6 is 11.6 Å². The summed E-state index contributed by atoms with van der Waals surface area (Å²) in [5, 5.41) is 7.83. The second kappa shape index (κ2) is 6.46. The molecule has 138 valence electrons. The highest BCUT2D eigenvalue weighted by molar-refractivity contribution is 6.30. The average molecular weight is 383 g/mol. The fourth-order valence-corrected chi connectivity index (χ4v) is 3.72. The zero-order valence-electron chi connectivity index (χ0n) is 15.1. The Bertz CT molecular complexity index is 1070. The predicted molar refractivity (Wildman–Crippen MR) is 102 cm³/mol. The van der Waals surface area contributed by atoms with Gasteiger partial charge in [0.05, 0.1) is 17.5 Å². The molecule has 0 fully saturated rings. The quantitative estimate of drug-likeness (QED) is 0.752. The predicted octanol–water partition coefficient (Wildman–Crippen LogP) is 3.47. The Hall–Kier alpha value is -2.73. The molecule has 1 aliphatic carbocycles. The second-order valence-corrected chi connectivity index (χ2v) is 8.10. The number of amides is 1. The van der Waals surface area contributed by atoms with Gasteiger partial charge in [0, 0.05) is 24.2 Å². The number of aromatic nitrogens is 3. The topological polar surface area (TPSA) is 76.4 Å². The smallest absolute Gasteiger partial charge is 0.257 e. The van der Waals surface area contributed by atoms with E-state index in [4.69, 9.17) is 11.6 Å². The maximum Gasteiger partial charge on any atom is 0.257 e. The van der Waals surface area contributed by atoms with Crippen LogP contribution in [0, 0.1) is 5.41 Å². The normalized spacial score (nSPS) is 15.6. The first kappa shape index (κ1) is 17.7. The van der Waals surface area contributed by atoms with Crippen molar-refractivity contribution in [3.8, 4) is 0 Å². The largest absolute Gasteiger partial charge is 0.348 e. The summed E-state index contributed by atoms with van der Waals surface area (Å²) in [6.07, 6.45) is 4.26. The van der Waals surface area contributed by atoms with Crippen molar-refractivity contribution in [3.63, 3.8) is 0 Å². The molecule has 1 amide bonds. The van der Waals surface area contributed by atoms with Crippen molar-refractivity contribution in [3.05, 3.63) is 64.1 Å². The molecule has 2 aromatic heterocycles.